The second-order valence-electron chi connectivity index (χ2n) is 3.77. The number of ether oxygens (including phenoxy) is 1. The molecule has 5 nitrogen and oxygen atoms in total. The third-order valence-electron chi connectivity index (χ3n) is 2.45. The molecule has 2 aromatic carbocycles. The molecule has 0 atom stereocenters. The van der Waals surface area contributed by atoms with Crippen LogP contribution in [0.3, 0.4) is 0 Å². The molecule has 0 aromatic heterocycles. The minimum Gasteiger partial charge on any atom is -0.457 e. The summed E-state index contributed by atoms with van der Waals surface area (Å²) in [5.74, 6) is 0.00958. The Labute approximate surface area is 108 Å². The average Bonchev–Trinajstić information content (AvgIpc) is 2.41. The molecule has 2 rings (SSSR count). The predicted molar refractivity (Wildman–Crippen MR) is 65.5 cm³/mol. The van der Waals surface area contributed by atoms with E-state index in [0.717, 1.165) is 6.07 Å². The number of aliphatic hydroxyl groups excluding tert-OH is 1. The highest BCUT2D eigenvalue weighted by molar-refractivity contribution is 5.42. The highest BCUT2D eigenvalue weighted by atomic mass is 19.1. The first-order valence-electron chi connectivity index (χ1n) is 5.42. The van der Waals surface area contributed by atoms with Gasteiger partial charge in [0.15, 0.2) is 0 Å². The number of hydrogen-bond acceptors (Lipinski definition) is 4. The number of non-ortho nitro benzene ring substituents is 1. The van der Waals surface area contributed by atoms with Crippen molar-refractivity contribution in [1.29, 1.82) is 0 Å². The summed E-state index contributed by atoms with van der Waals surface area (Å²) < 4.78 is 18.4. The van der Waals surface area contributed by atoms with Gasteiger partial charge in [0.2, 0.25) is 0 Å². The zero-order chi connectivity index (χ0) is 13.8. The van der Waals surface area contributed by atoms with E-state index < -0.39 is 10.7 Å². The number of hydrogen-bond donors (Lipinski definition) is 1. The minimum absolute atomic E-state index is 0.106. The first-order chi connectivity index (χ1) is 9.10. The minimum atomic E-state index is -0.537. The summed E-state index contributed by atoms with van der Waals surface area (Å²) in [5.41, 5.74) is 0.164. The van der Waals surface area contributed by atoms with Crippen molar-refractivity contribution in [1.82, 2.24) is 0 Å². The fourth-order valence-corrected chi connectivity index (χ4v) is 1.56. The van der Waals surface area contributed by atoms with Crippen LogP contribution in [0.1, 0.15) is 5.56 Å². The van der Waals surface area contributed by atoms with Crippen LogP contribution in [0.4, 0.5) is 10.1 Å². The van der Waals surface area contributed by atoms with Gasteiger partial charge in [-0.2, -0.15) is 0 Å². The third kappa shape index (κ3) is 3.05. The van der Waals surface area contributed by atoms with Gasteiger partial charge < -0.3 is 9.84 Å². The molecule has 0 heterocycles. The molecule has 0 aliphatic heterocycles. The van der Waals surface area contributed by atoms with E-state index in [0.29, 0.717) is 0 Å². The fraction of sp³-hybridized carbons (Fsp3) is 0.0769. The van der Waals surface area contributed by atoms with E-state index in [2.05, 4.69) is 0 Å². The Balaban J connectivity index is 2.30. The molecule has 0 radical (unpaired) electrons. The van der Waals surface area contributed by atoms with Gasteiger partial charge in [0.25, 0.3) is 5.69 Å². The number of benzene rings is 2. The maximum atomic E-state index is 13.0. The van der Waals surface area contributed by atoms with Gasteiger partial charge >= 0.3 is 0 Å². The van der Waals surface area contributed by atoms with Crippen LogP contribution in [0, 0.1) is 15.9 Å². The molecule has 0 saturated carbocycles. The van der Waals surface area contributed by atoms with Gasteiger partial charge in [-0.1, -0.05) is 6.07 Å². The molecule has 0 unspecified atom stereocenters. The van der Waals surface area contributed by atoms with Crippen molar-refractivity contribution in [2.45, 2.75) is 6.61 Å². The zero-order valence-electron chi connectivity index (χ0n) is 9.75. The van der Waals surface area contributed by atoms with Crippen LogP contribution in [-0.4, -0.2) is 10.0 Å². The van der Waals surface area contributed by atoms with Gasteiger partial charge in [-0.25, -0.2) is 4.39 Å². The van der Waals surface area contributed by atoms with E-state index in [1.165, 1.54) is 36.4 Å². The van der Waals surface area contributed by atoms with Gasteiger partial charge in [-0.05, 0) is 24.3 Å². The molecule has 1 N–H and O–H groups in total. The van der Waals surface area contributed by atoms with Crippen LogP contribution in [-0.2, 0) is 6.61 Å². The van der Waals surface area contributed by atoms with Crippen molar-refractivity contribution >= 4 is 5.69 Å². The summed E-state index contributed by atoms with van der Waals surface area (Å²) in [7, 11) is 0. The van der Waals surface area contributed by atoms with Crippen molar-refractivity contribution in [3.63, 3.8) is 0 Å². The topological polar surface area (TPSA) is 72.6 Å². The molecule has 0 bridgehead atoms. The molecule has 19 heavy (non-hydrogen) atoms. The maximum Gasteiger partial charge on any atom is 0.273 e. The molecular formula is C13H10FNO4. The first-order valence-corrected chi connectivity index (χ1v) is 5.42. The van der Waals surface area contributed by atoms with Crippen LogP contribution in [0.15, 0.2) is 42.5 Å². The summed E-state index contributed by atoms with van der Waals surface area (Å²) in [6.07, 6.45) is 0. The monoisotopic (exact) mass is 263 g/mol. The average molecular weight is 263 g/mol. The molecule has 6 heteroatoms. The summed E-state index contributed by atoms with van der Waals surface area (Å²) in [6, 6.07) is 9.31. The highest BCUT2D eigenvalue weighted by Crippen LogP contribution is 2.28. The Hall–Kier alpha value is -2.47. The molecular weight excluding hydrogens is 253 g/mol. The zero-order valence-corrected chi connectivity index (χ0v) is 9.75. The van der Waals surface area contributed by atoms with Gasteiger partial charge in [0.1, 0.15) is 17.3 Å². The molecule has 0 fully saturated rings. The van der Waals surface area contributed by atoms with E-state index >= 15 is 0 Å². The first kappa shape index (κ1) is 13.0. The number of nitrogens with zero attached hydrogens (tertiary/aromatic N) is 1. The van der Waals surface area contributed by atoms with E-state index in [1.54, 1.807) is 0 Å². The molecule has 0 saturated heterocycles. The summed E-state index contributed by atoms with van der Waals surface area (Å²) in [5, 5.41) is 19.7. The lowest BCUT2D eigenvalue weighted by Crippen LogP contribution is -1.94. The number of nitro groups is 1. The molecule has 0 spiro atoms. The van der Waals surface area contributed by atoms with Crippen LogP contribution >= 0.6 is 0 Å². The summed E-state index contributed by atoms with van der Waals surface area (Å²) >= 11 is 0. The fourth-order valence-electron chi connectivity index (χ4n) is 1.56. The van der Waals surface area contributed by atoms with Gasteiger partial charge in [0, 0.05) is 11.6 Å². The number of nitro benzene ring substituents is 1. The van der Waals surface area contributed by atoms with Crippen LogP contribution in [0.25, 0.3) is 0 Å². The molecule has 98 valence electrons. The van der Waals surface area contributed by atoms with Gasteiger partial charge in [0.05, 0.1) is 17.6 Å². The summed E-state index contributed by atoms with van der Waals surface area (Å²) in [4.78, 5) is 10.1. The van der Waals surface area contributed by atoms with E-state index in [4.69, 9.17) is 9.84 Å². The Morgan fingerprint density at radius 1 is 1.26 bits per heavy atom. The SMILES string of the molecule is O=[N+]([O-])c1cccc(Oc2ccc(F)cc2CO)c1. The van der Waals surface area contributed by atoms with Crippen molar-refractivity contribution in [2.24, 2.45) is 0 Å². The lowest BCUT2D eigenvalue weighted by atomic mass is 10.2. The molecule has 0 aliphatic carbocycles. The van der Waals surface area contributed by atoms with Gasteiger partial charge in [-0.3, -0.25) is 10.1 Å². The smallest absolute Gasteiger partial charge is 0.273 e. The van der Waals surface area contributed by atoms with Crippen molar-refractivity contribution in [3.05, 3.63) is 64.0 Å². The maximum absolute atomic E-state index is 13.0. The molecule has 2 aromatic rings. The van der Waals surface area contributed by atoms with E-state index in [9.17, 15) is 14.5 Å². The normalized spacial score (nSPS) is 10.2. The van der Waals surface area contributed by atoms with Gasteiger partial charge in [-0.15, -0.1) is 0 Å². The second kappa shape index (κ2) is 5.45. The Morgan fingerprint density at radius 2 is 2.05 bits per heavy atom. The number of rotatable bonds is 4. The van der Waals surface area contributed by atoms with Crippen molar-refractivity contribution in [3.8, 4) is 11.5 Å². The highest BCUT2D eigenvalue weighted by Gasteiger charge is 2.09. The lowest BCUT2D eigenvalue weighted by Gasteiger charge is -2.09. The second-order valence-corrected chi connectivity index (χ2v) is 3.77. The van der Waals surface area contributed by atoms with Crippen LogP contribution in [0.2, 0.25) is 0 Å². The van der Waals surface area contributed by atoms with E-state index in [1.807, 2.05) is 0 Å². The molecule has 0 amide bonds. The van der Waals surface area contributed by atoms with Crippen molar-refractivity contribution < 1.29 is 19.2 Å². The standard InChI is InChI=1S/C13H10FNO4/c14-10-4-5-13(9(6-10)8-16)19-12-3-1-2-11(7-12)15(17)18/h1-7,16H,8H2. The Morgan fingerprint density at radius 3 is 2.74 bits per heavy atom. The predicted octanol–water partition coefficient (Wildman–Crippen LogP) is 3.02. The Kier molecular flexibility index (Phi) is 3.72. The largest absolute Gasteiger partial charge is 0.457 e. The number of aliphatic hydroxyl groups is 1. The molecule has 0 aliphatic rings. The van der Waals surface area contributed by atoms with E-state index in [-0.39, 0.29) is 29.4 Å². The van der Waals surface area contributed by atoms with Crippen LogP contribution < -0.4 is 4.74 Å². The Bertz CT molecular complexity index is 615. The van der Waals surface area contributed by atoms with Crippen LogP contribution in [0.5, 0.6) is 11.5 Å². The summed E-state index contributed by atoms with van der Waals surface area (Å²) in [6.45, 7) is -0.387. The third-order valence-corrected chi connectivity index (χ3v) is 2.45. The lowest BCUT2D eigenvalue weighted by molar-refractivity contribution is -0.384. The quantitative estimate of drug-likeness (QED) is 0.679. The van der Waals surface area contributed by atoms with Crippen molar-refractivity contribution in [2.75, 3.05) is 0 Å². The number of halogens is 1.